The molecule has 0 bridgehead atoms. The van der Waals surface area contributed by atoms with E-state index in [1.165, 1.54) is 6.42 Å². The van der Waals surface area contributed by atoms with Crippen LogP contribution in [0.25, 0.3) is 11.4 Å². The van der Waals surface area contributed by atoms with Gasteiger partial charge in [0.05, 0.1) is 0 Å². The number of rotatable bonds is 1. The van der Waals surface area contributed by atoms with Crippen molar-refractivity contribution in [2.45, 2.75) is 33.2 Å². The highest BCUT2D eigenvalue weighted by Gasteiger charge is 2.20. The molecule has 1 unspecified atom stereocenters. The predicted octanol–water partition coefficient (Wildman–Crippen LogP) is 2.42. The van der Waals surface area contributed by atoms with E-state index in [0.29, 0.717) is 5.92 Å². The van der Waals surface area contributed by atoms with Crippen molar-refractivity contribution in [3.05, 3.63) is 29.6 Å². The van der Waals surface area contributed by atoms with Gasteiger partial charge in [0.15, 0.2) is 5.82 Å². The Labute approximate surface area is 107 Å². The van der Waals surface area contributed by atoms with Gasteiger partial charge in [-0.2, -0.15) is 0 Å². The van der Waals surface area contributed by atoms with E-state index in [2.05, 4.69) is 27.8 Å². The first-order chi connectivity index (χ1) is 8.65. The van der Waals surface area contributed by atoms with Crippen LogP contribution >= 0.6 is 0 Å². The summed E-state index contributed by atoms with van der Waals surface area (Å²) in [5.41, 5.74) is 8.95. The van der Waals surface area contributed by atoms with Crippen LogP contribution in [0.4, 0.5) is 5.69 Å². The minimum Gasteiger partial charge on any atom is -0.398 e. The molecule has 0 saturated carbocycles. The molecule has 0 aliphatic carbocycles. The number of hydrogen-bond acceptors (Lipinski definition) is 3. The predicted molar refractivity (Wildman–Crippen MR) is 72.1 cm³/mol. The van der Waals surface area contributed by atoms with Gasteiger partial charge in [-0.3, -0.25) is 0 Å². The van der Waals surface area contributed by atoms with Crippen molar-refractivity contribution in [2.24, 2.45) is 5.92 Å². The third kappa shape index (κ3) is 1.78. The minimum absolute atomic E-state index is 0.690. The van der Waals surface area contributed by atoms with Crippen LogP contribution < -0.4 is 5.73 Å². The van der Waals surface area contributed by atoms with Gasteiger partial charge in [-0.1, -0.05) is 19.1 Å². The van der Waals surface area contributed by atoms with Crippen molar-refractivity contribution in [1.29, 1.82) is 0 Å². The van der Waals surface area contributed by atoms with Crippen molar-refractivity contribution in [1.82, 2.24) is 14.8 Å². The number of benzene rings is 1. The number of fused-ring (bicyclic) bond motifs is 1. The Kier molecular flexibility index (Phi) is 2.58. The first kappa shape index (κ1) is 11.3. The minimum atomic E-state index is 0.690. The second kappa shape index (κ2) is 4.12. The van der Waals surface area contributed by atoms with E-state index in [4.69, 9.17) is 5.73 Å². The monoisotopic (exact) mass is 242 g/mol. The summed E-state index contributed by atoms with van der Waals surface area (Å²) in [7, 11) is 0. The van der Waals surface area contributed by atoms with Crippen molar-refractivity contribution >= 4 is 5.69 Å². The molecular formula is C14H18N4. The molecule has 1 atom stereocenters. The summed E-state index contributed by atoms with van der Waals surface area (Å²) < 4.78 is 2.23. The molecule has 4 nitrogen and oxygen atoms in total. The van der Waals surface area contributed by atoms with Gasteiger partial charge in [0.2, 0.25) is 0 Å². The molecule has 94 valence electrons. The van der Waals surface area contributed by atoms with Crippen LogP contribution in [0.3, 0.4) is 0 Å². The molecule has 0 saturated heterocycles. The molecule has 18 heavy (non-hydrogen) atoms. The first-order valence-electron chi connectivity index (χ1n) is 6.43. The van der Waals surface area contributed by atoms with Gasteiger partial charge in [-0.05, 0) is 30.9 Å². The maximum absolute atomic E-state index is 5.97. The molecule has 1 aliphatic heterocycles. The molecule has 2 N–H and O–H groups in total. The first-order valence-corrected chi connectivity index (χ1v) is 6.43. The smallest absolute Gasteiger partial charge is 0.164 e. The molecule has 1 aromatic carbocycles. The summed E-state index contributed by atoms with van der Waals surface area (Å²) in [5, 5.41) is 8.62. The summed E-state index contributed by atoms with van der Waals surface area (Å²) >= 11 is 0. The highest BCUT2D eigenvalue weighted by Crippen LogP contribution is 2.27. The lowest BCUT2D eigenvalue weighted by Gasteiger charge is -2.21. The van der Waals surface area contributed by atoms with Crippen LogP contribution in [0.1, 0.15) is 24.7 Å². The van der Waals surface area contributed by atoms with Gasteiger partial charge < -0.3 is 10.3 Å². The number of anilines is 1. The Hall–Kier alpha value is -1.84. The average molecular weight is 242 g/mol. The third-order valence-corrected chi connectivity index (χ3v) is 3.72. The molecule has 0 amide bonds. The van der Waals surface area contributed by atoms with E-state index < -0.39 is 0 Å². The van der Waals surface area contributed by atoms with E-state index in [9.17, 15) is 0 Å². The highest BCUT2D eigenvalue weighted by atomic mass is 15.3. The van der Waals surface area contributed by atoms with Gasteiger partial charge in [0, 0.05) is 24.2 Å². The van der Waals surface area contributed by atoms with E-state index in [1.807, 2.05) is 19.1 Å². The summed E-state index contributed by atoms with van der Waals surface area (Å²) in [6.07, 6.45) is 2.23. The Morgan fingerprint density at radius 2 is 2.17 bits per heavy atom. The summed E-state index contributed by atoms with van der Waals surface area (Å²) in [4.78, 5) is 0. The van der Waals surface area contributed by atoms with Gasteiger partial charge in [-0.15, -0.1) is 10.2 Å². The Bertz CT molecular complexity index is 585. The summed E-state index contributed by atoms with van der Waals surface area (Å²) in [6.45, 7) is 5.29. The molecule has 0 radical (unpaired) electrons. The number of hydrogen-bond donors (Lipinski definition) is 1. The van der Waals surface area contributed by atoms with Crippen molar-refractivity contribution < 1.29 is 0 Å². The highest BCUT2D eigenvalue weighted by molar-refractivity contribution is 5.64. The zero-order valence-electron chi connectivity index (χ0n) is 10.8. The van der Waals surface area contributed by atoms with Crippen LogP contribution in [-0.2, 0) is 13.0 Å². The topological polar surface area (TPSA) is 56.7 Å². The molecule has 1 aliphatic rings. The Morgan fingerprint density at radius 1 is 1.33 bits per heavy atom. The number of nitrogen functional groups attached to an aromatic ring is 1. The zero-order chi connectivity index (χ0) is 12.7. The normalized spacial score (nSPS) is 18.7. The van der Waals surface area contributed by atoms with Crippen molar-refractivity contribution in [3.63, 3.8) is 0 Å². The van der Waals surface area contributed by atoms with Crippen LogP contribution in [0.15, 0.2) is 18.2 Å². The summed E-state index contributed by atoms with van der Waals surface area (Å²) in [6, 6.07) is 6.10. The Morgan fingerprint density at radius 3 is 2.94 bits per heavy atom. The number of aromatic nitrogens is 3. The SMILES string of the molecule is Cc1ccc(-c2nnc3n2CC(C)CC3)cc1N. The standard InChI is InChI=1S/C14H18N4/c1-9-3-6-13-16-17-14(18(13)8-9)11-5-4-10(2)12(15)7-11/h4-5,7,9H,3,6,8,15H2,1-2H3. The molecule has 4 heteroatoms. The largest absolute Gasteiger partial charge is 0.398 e. The van der Waals surface area contributed by atoms with Crippen LogP contribution in [0.2, 0.25) is 0 Å². The third-order valence-electron chi connectivity index (χ3n) is 3.72. The molecule has 2 aromatic rings. The van der Waals surface area contributed by atoms with Crippen LogP contribution in [0, 0.1) is 12.8 Å². The fraction of sp³-hybridized carbons (Fsp3) is 0.429. The lowest BCUT2D eigenvalue weighted by Crippen LogP contribution is -2.18. The second-order valence-corrected chi connectivity index (χ2v) is 5.27. The molecule has 0 spiro atoms. The van der Waals surface area contributed by atoms with E-state index >= 15 is 0 Å². The van der Waals surface area contributed by atoms with Gasteiger partial charge in [0.25, 0.3) is 0 Å². The number of aryl methyl sites for hydroxylation is 2. The molecule has 0 fully saturated rings. The van der Waals surface area contributed by atoms with Gasteiger partial charge >= 0.3 is 0 Å². The quantitative estimate of drug-likeness (QED) is 0.781. The fourth-order valence-corrected chi connectivity index (χ4v) is 2.48. The summed E-state index contributed by atoms with van der Waals surface area (Å²) in [5.74, 6) is 2.74. The number of nitrogens with two attached hydrogens (primary N) is 1. The second-order valence-electron chi connectivity index (χ2n) is 5.27. The van der Waals surface area contributed by atoms with Gasteiger partial charge in [0.1, 0.15) is 5.82 Å². The molecule has 3 rings (SSSR count). The maximum atomic E-state index is 5.97. The molecular weight excluding hydrogens is 224 g/mol. The average Bonchev–Trinajstić information content (AvgIpc) is 2.75. The lowest BCUT2D eigenvalue weighted by molar-refractivity contribution is 0.396. The van der Waals surface area contributed by atoms with Crippen LogP contribution in [-0.4, -0.2) is 14.8 Å². The van der Waals surface area contributed by atoms with E-state index in [1.54, 1.807) is 0 Å². The maximum Gasteiger partial charge on any atom is 0.164 e. The van der Waals surface area contributed by atoms with Crippen LogP contribution in [0.5, 0.6) is 0 Å². The Balaban J connectivity index is 2.07. The van der Waals surface area contributed by atoms with Crippen molar-refractivity contribution in [3.8, 4) is 11.4 Å². The lowest BCUT2D eigenvalue weighted by atomic mass is 10.0. The van der Waals surface area contributed by atoms with E-state index in [0.717, 1.165) is 41.4 Å². The van der Waals surface area contributed by atoms with Gasteiger partial charge in [-0.25, -0.2) is 0 Å². The van der Waals surface area contributed by atoms with Crippen molar-refractivity contribution in [2.75, 3.05) is 5.73 Å². The number of nitrogens with zero attached hydrogens (tertiary/aromatic N) is 3. The fourth-order valence-electron chi connectivity index (χ4n) is 2.48. The molecule has 2 heterocycles. The molecule has 1 aromatic heterocycles. The van der Waals surface area contributed by atoms with E-state index in [-0.39, 0.29) is 0 Å². The zero-order valence-corrected chi connectivity index (χ0v) is 10.8.